The van der Waals surface area contributed by atoms with Crippen LogP contribution in [0, 0.1) is 0 Å². The van der Waals surface area contributed by atoms with Gasteiger partial charge in [-0.2, -0.15) is 0 Å². The molecule has 2 aromatic rings. The summed E-state index contributed by atoms with van der Waals surface area (Å²) in [6.07, 6.45) is 1.48. The second-order valence-corrected chi connectivity index (χ2v) is 6.62. The summed E-state index contributed by atoms with van der Waals surface area (Å²) in [5.74, 6) is 0.0637. The van der Waals surface area contributed by atoms with Gasteiger partial charge >= 0.3 is 0 Å². The second kappa shape index (κ2) is 6.34. The lowest BCUT2D eigenvalue weighted by molar-refractivity contribution is 0.384. The predicted molar refractivity (Wildman–Crippen MR) is 79.0 cm³/mol. The van der Waals surface area contributed by atoms with Crippen molar-refractivity contribution >= 4 is 26.0 Å². The van der Waals surface area contributed by atoms with Crippen molar-refractivity contribution in [2.24, 2.45) is 0 Å². The van der Waals surface area contributed by atoms with Crippen molar-refractivity contribution in [3.8, 4) is 5.88 Å². The first-order valence-corrected chi connectivity index (χ1v) is 8.03. The molecule has 5 nitrogen and oxygen atoms in total. The third kappa shape index (κ3) is 3.56. The normalized spacial score (nSPS) is 11.3. The Labute approximate surface area is 126 Å². The Hall–Kier alpha value is -1.44. The lowest BCUT2D eigenvalue weighted by Crippen LogP contribution is -2.24. The lowest BCUT2D eigenvalue weighted by Gasteiger charge is -2.10. The van der Waals surface area contributed by atoms with Gasteiger partial charge in [0.2, 0.25) is 15.9 Å². The molecule has 0 fully saturated rings. The molecule has 1 aromatic heterocycles. The van der Waals surface area contributed by atoms with Crippen molar-refractivity contribution in [2.75, 3.05) is 7.11 Å². The highest BCUT2D eigenvalue weighted by atomic mass is 79.9. The summed E-state index contributed by atoms with van der Waals surface area (Å²) in [7, 11) is -2.31. The van der Waals surface area contributed by atoms with E-state index in [2.05, 4.69) is 25.6 Å². The fraction of sp³-hybridized carbons (Fsp3) is 0.154. The van der Waals surface area contributed by atoms with Crippen molar-refractivity contribution in [1.29, 1.82) is 0 Å². The van der Waals surface area contributed by atoms with Crippen LogP contribution in [0.15, 0.2) is 52.0 Å². The van der Waals surface area contributed by atoms with Crippen molar-refractivity contribution in [2.45, 2.75) is 11.4 Å². The number of benzene rings is 1. The van der Waals surface area contributed by atoms with E-state index in [9.17, 15) is 8.42 Å². The Balaban J connectivity index is 2.24. The van der Waals surface area contributed by atoms with E-state index in [0.29, 0.717) is 4.47 Å². The summed E-state index contributed by atoms with van der Waals surface area (Å²) in [5, 5.41) is 0. The third-order valence-corrected chi connectivity index (χ3v) is 4.41. The van der Waals surface area contributed by atoms with Gasteiger partial charge < -0.3 is 4.74 Å². The van der Waals surface area contributed by atoms with Crippen LogP contribution in [-0.2, 0) is 16.6 Å². The van der Waals surface area contributed by atoms with Gasteiger partial charge in [0.25, 0.3) is 0 Å². The van der Waals surface area contributed by atoms with E-state index in [1.54, 1.807) is 0 Å². The van der Waals surface area contributed by atoms with Crippen LogP contribution in [-0.4, -0.2) is 20.5 Å². The maximum atomic E-state index is 12.3. The zero-order chi connectivity index (χ0) is 14.6. The molecular formula is C13H13BrN2O3S. The standard InChI is InChI=1S/C13H13BrN2O3S/c1-19-13-12(7-11(14)9-15-13)20(17,18)16-8-10-5-3-2-4-6-10/h2-7,9,16H,8H2,1H3. The van der Waals surface area contributed by atoms with Crippen LogP contribution in [0.1, 0.15) is 5.56 Å². The van der Waals surface area contributed by atoms with Gasteiger partial charge in [-0.05, 0) is 27.6 Å². The zero-order valence-electron chi connectivity index (χ0n) is 10.7. The number of hydrogen-bond donors (Lipinski definition) is 1. The van der Waals surface area contributed by atoms with Crippen molar-refractivity contribution in [1.82, 2.24) is 9.71 Å². The molecule has 7 heteroatoms. The van der Waals surface area contributed by atoms with Crippen molar-refractivity contribution < 1.29 is 13.2 Å². The Morgan fingerprint density at radius 3 is 2.65 bits per heavy atom. The van der Waals surface area contributed by atoms with E-state index >= 15 is 0 Å². The Morgan fingerprint density at radius 2 is 2.00 bits per heavy atom. The van der Waals surface area contributed by atoms with Crippen molar-refractivity contribution in [3.05, 3.63) is 52.6 Å². The fourth-order valence-electron chi connectivity index (χ4n) is 1.61. The van der Waals surface area contributed by atoms with Gasteiger partial charge in [-0.15, -0.1) is 0 Å². The minimum absolute atomic E-state index is 0.00491. The fourth-order valence-corrected chi connectivity index (χ4v) is 3.25. The van der Waals surface area contributed by atoms with Gasteiger partial charge in [-0.3, -0.25) is 0 Å². The number of rotatable bonds is 5. The number of hydrogen-bond acceptors (Lipinski definition) is 4. The largest absolute Gasteiger partial charge is 0.480 e. The first-order chi connectivity index (χ1) is 9.53. The number of nitrogens with one attached hydrogen (secondary N) is 1. The van der Waals surface area contributed by atoms with Crippen LogP contribution in [0.5, 0.6) is 5.88 Å². The molecule has 0 radical (unpaired) electrons. The average Bonchev–Trinajstić information content (AvgIpc) is 2.46. The molecule has 0 aliphatic rings. The summed E-state index contributed by atoms with van der Waals surface area (Å²) in [4.78, 5) is 3.93. The van der Waals surface area contributed by atoms with Gasteiger partial charge in [0.05, 0.1) is 7.11 Å². The molecule has 0 atom stereocenters. The van der Waals surface area contributed by atoms with Crippen LogP contribution in [0.4, 0.5) is 0 Å². The topological polar surface area (TPSA) is 68.3 Å². The number of ether oxygens (including phenoxy) is 1. The van der Waals surface area contributed by atoms with Crippen molar-refractivity contribution in [3.63, 3.8) is 0 Å². The van der Waals surface area contributed by atoms with Gasteiger partial charge in [0.15, 0.2) is 0 Å². The highest BCUT2D eigenvalue weighted by Gasteiger charge is 2.20. The SMILES string of the molecule is COc1ncc(Br)cc1S(=O)(=O)NCc1ccccc1. The molecule has 1 aromatic carbocycles. The zero-order valence-corrected chi connectivity index (χ0v) is 13.1. The van der Waals surface area contributed by atoms with Crippen LogP contribution in [0.2, 0.25) is 0 Å². The smallest absolute Gasteiger partial charge is 0.246 e. The molecule has 2 rings (SSSR count). The van der Waals surface area contributed by atoms with Crippen LogP contribution < -0.4 is 9.46 Å². The lowest BCUT2D eigenvalue weighted by atomic mass is 10.2. The highest BCUT2D eigenvalue weighted by Crippen LogP contribution is 2.24. The molecule has 0 saturated heterocycles. The van der Waals surface area contributed by atoms with Crippen LogP contribution in [0.25, 0.3) is 0 Å². The predicted octanol–water partition coefficient (Wildman–Crippen LogP) is 2.33. The molecule has 106 valence electrons. The number of pyridine rings is 1. The molecule has 0 amide bonds. The van der Waals surface area contributed by atoms with E-state index in [0.717, 1.165) is 5.56 Å². The molecule has 0 aliphatic carbocycles. The number of sulfonamides is 1. The van der Waals surface area contributed by atoms with E-state index in [-0.39, 0.29) is 17.3 Å². The Morgan fingerprint density at radius 1 is 1.30 bits per heavy atom. The number of halogens is 1. The molecule has 1 heterocycles. The van der Waals surface area contributed by atoms with Gasteiger partial charge in [-0.1, -0.05) is 30.3 Å². The summed E-state index contributed by atoms with van der Waals surface area (Å²) < 4.78 is 32.7. The summed E-state index contributed by atoms with van der Waals surface area (Å²) in [6.45, 7) is 0.207. The van der Waals surface area contributed by atoms with E-state index in [4.69, 9.17) is 4.74 Å². The molecular weight excluding hydrogens is 344 g/mol. The van der Waals surface area contributed by atoms with Crippen LogP contribution in [0.3, 0.4) is 0 Å². The molecule has 0 aliphatic heterocycles. The Kier molecular flexibility index (Phi) is 4.74. The first kappa shape index (κ1) is 15.0. The quantitative estimate of drug-likeness (QED) is 0.892. The average molecular weight is 357 g/mol. The minimum Gasteiger partial charge on any atom is -0.480 e. The molecule has 0 saturated carbocycles. The van der Waals surface area contributed by atoms with E-state index in [1.165, 1.54) is 19.4 Å². The number of nitrogens with zero attached hydrogens (tertiary/aromatic N) is 1. The number of methoxy groups -OCH3 is 1. The molecule has 0 bridgehead atoms. The van der Waals surface area contributed by atoms with Gasteiger partial charge in [-0.25, -0.2) is 18.1 Å². The van der Waals surface area contributed by atoms with Gasteiger partial charge in [0, 0.05) is 17.2 Å². The van der Waals surface area contributed by atoms with Crippen LogP contribution >= 0.6 is 15.9 Å². The maximum Gasteiger partial charge on any atom is 0.246 e. The molecule has 1 N–H and O–H groups in total. The minimum atomic E-state index is -3.69. The monoisotopic (exact) mass is 356 g/mol. The van der Waals surface area contributed by atoms with Gasteiger partial charge in [0.1, 0.15) is 4.90 Å². The maximum absolute atomic E-state index is 12.3. The third-order valence-electron chi connectivity index (χ3n) is 2.58. The first-order valence-electron chi connectivity index (χ1n) is 5.76. The molecule has 0 unspecified atom stereocenters. The highest BCUT2D eigenvalue weighted by molar-refractivity contribution is 9.10. The molecule has 0 spiro atoms. The summed E-state index contributed by atoms with van der Waals surface area (Å²) in [6, 6.07) is 10.7. The second-order valence-electron chi connectivity index (χ2n) is 3.97. The van der Waals surface area contributed by atoms with E-state index < -0.39 is 10.0 Å². The Bertz CT molecular complexity index is 690. The summed E-state index contributed by atoms with van der Waals surface area (Å²) in [5.41, 5.74) is 0.873. The number of aromatic nitrogens is 1. The summed E-state index contributed by atoms with van der Waals surface area (Å²) >= 11 is 3.20. The molecule has 20 heavy (non-hydrogen) atoms. The van der Waals surface area contributed by atoms with E-state index in [1.807, 2.05) is 30.3 Å².